The molecule has 0 saturated carbocycles. The maximum Gasteiger partial charge on any atom is 0.192 e. The van der Waals surface area contributed by atoms with E-state index in [1.54, 1.807) is 5.57 Å². The van der Waals surface area contributed by atoms with Crippen LogP contribution in [0.15, 0.2) is 16.3 Å². The Morgan fingerprint density at radius 3 is 2.39 bits per heavy atom. The van der Waals surface area contributed by atoms with E-state index in [1.807, 2.05) is 0 Å². The molecule has 1 saturated heterocycles. The van der Waals surface area contributed by atoms with Gasteiger partial charge in [-0.1, -0.05) is 51.9 Å². The summed E-state index contributed by atoms with van der Waals surface area (Å²) in [6.45, 7) is 5.93. The van der Waals surface area contributed by atoms with Crippen molar-refractivity contribution in [3.05, 3.63) is 11.3 Å². The molecule has 2 heterocycles. The van der Waals surface area contributed by atoms with Crippen molar-refractivity contribution < 1.29 is 4.74 Å². The Hall–Kier alpha value is -0.830. The lowest BCUT2D eigenvalue weighted by Gasteiger charge is -2.34. The van der Waals surface area contributed by atoms with Crippen molar-refractivity contribution in [1.82, 2.24) is 4.90 Å². The average Bonchev–Trinajstić information content (AvgIpc) is 3.15. The summed E-state index contributed by atoms with van der Waals surface area (Å²) in [6, 6.07) is 0.866. The van der Waals surface area contributed by atoms with Gasteiger partial charge < -0.3 is 9.64 Å². The molecule has 0 N–H and O–H groups in total. The second-order valence-electron chi connectivity index (χ2n) is 9.24. The summed E-state index contributed by atoms with van der Waals surface area (Å²) in [6.07, 6.45) is 22.7. The van der Waals surface area contributed by atoms with Gasteiger partial charge in [0.05, 0.1) is 6.61 Å². The molecule has 3 aliphatic rings. The third-order valence-electron chi connectivity index (χ3n) is 6.90. The second kappa shape index (κ2) is 12.7. The Morgan fingerprint density at radius 2 is 1.61 bits per heavy atom. The smallest absolute Gasteiger partial charge is 0.192 e. The molecule has 3 rings (SSSR count). The fraction of sp³-hybridized carbons (Fsp3) is 0.880. The highest BCUT2D eigenvalue weighted by Crippen LogP contribution is 2.32. The van der Waals surface area contributed by atoms with Crippen LogP contribution in [0.1, 0.15) is 116 Å². The quantitative estimate of drug-likeness (QED) is 0.336. The number of ether oxygens (including phenoxy) is 1. The number of allylic oxidation sites excluding steroid dienone is 1. The molecule has 1 aliphatic carbocycles. The van der Waals surface area contributed by atoms with Gasteiger partial charge in [-0.2, -0.15) is 0 Å². The lowest BCUT2D eigenvalue weighted by atomic mass is 9.96. The van der Waals surface area contributed by atoms with Crippen LogP contribution in [0, 0.1) is 0 Å². The summed E-state index contributed by atoms with van der Waals surface area (Å²) in [5.74, 6) is 1.01. The highest BCUT2D eigenvalue weighted by Gasteiger charge is 2.21. The van der Waals surface area contributed by atoms with E-state index in [1.165, 1.54) is 122 Å². The number of nitrogens with zero attached hydrogens (tertiary/aromatic N) is 2. The minimum Gasteiger partial charge on any atom is -0.481 e. The first kappa shape index (κ1) is 21.9. The summed E-state index contributed by atoms with van der Waals surface area (Å²) in [4.78, 5) is 7.50. The third-order valence-corrected chi connectivity index (χ3v) is 6.90. The van der Waals surface area contributed by atoms with Crippen molar-refractivity contribution in [2.75, 3.05) is 19.7 Å². The average molecular weight is 389 g/mol. The second-order valence-corrected chi connectivity index (χ2v) is 9.24. The van der Waals surface area contributed by atoms with Crippen molar-refractivity contribution in [1.29, 1.82) is 0 Å². The number of hydrogen-bond donors (Lipinski definition) is 0. The number of piperidine rings is 1. The fourth-order valence-electron chi connectivity index (χ4n) is 5.24. The van der Waals surface area contributed by atoms with Gasteiger partial charge in [-0.05, 0) is 76.5 Å². The maximum atomic E-state index is 5.95. The Bertz CT molecular complexity index is 505. The van der Waals surface area contributed by atoms with Gasteiger partial charge in [-0.15, -0.1) is 0 Å². The summed E-state index contributed by atoms with van der Waals surface area (Å²) < 4.78 is 5.95. The van der Waals surface area contributed by atoms with E-state index in [-0.39, 0.29) is 0 Å². The zero-order valence-corrected chi connectivity index (χ0v) is 18.5. The number of likely N-dealkylation sites (tertiary alicyclic amines) is 1. The molecular formula is C25H44N2O. The Balaban J connectivity index is 1.16. The zero-order chi connectivity index (χ0) is 19.4. The van der Waals surface area contributed by atoms with E-state index in [0.717, 1.165) is 25.0 Å². The first-order chi connectivity index (χ1) is 13.9. The van der Waals surface area contributed by atoms with Crippen LogP contribution in [0.25, 0.3) is 0 Å². The summed E-state index contributed by atoms with van der Waals surface area (Å²) in [7, 11) is 0. The normalized spacial score (nSPS) is 21.5. The van der Waals surface area contributed by atoms with E-state index in [9.17, 15) is 0 Å². The topological polar surface area (TPSA) is 24.8 Å². The van der Waals surface area contributed by atoms with Crippen molar-refractivity contribution in [2.45, 2.75) is 122 Å². The largest absolute Gasteiger partial charge is 0.481 e. The van der Waals surface area contributed by atoms with Crippen LogP contribution >= 0.6 is 0 Å². The van der Waals surface area contributed by atoms with Gasteiger partial charge in [0.15, 0.2) is 5.90 Å². The van der Waals surface area contributed by atoms with Gasteiger partial charge in [0.25, 0.3) is 0 Å². The lowest BCUT2D eigenvalue weighted by Crippen LogP contribution is -2.39. The predicted molar refractivity (Wildman–Crippen MR) is 120 cm³/mol. The molecule has 0 radical (unpaired) electrons. The van der Waals surface area contributed by atoms with Crippen LogP contribution in [-0.4, -0.2) is 36.5 Å². The van der Waals surface area contributed by atoms with Crippen molar-refractivity contribution in [3.63, 3.8) is 0 Å². The third kappa shape index (κ3) is 7.21. The molecule has 2 aliphatic heterocycles. The molecule has 28 heavy (non-hydrogen) atoms. The first-order valence-electron chi connectivity index (χ1n) is 12.5. The first-order valence-corrected chi connectivity index (χ1v) is 12.5. The molecule has 1 fully saturated rings. The van der Waals surface area contributed by atoms with Crippen LogP contribution < -0.4 is 0 Å². The van der Waals surface area contributed by atoms with Gasteiger partial charge in [0.2, 0.25) is 0 Å². The zero-order valence-electron chi connectivity index (χ0n) is 18.5. The van der Waals surface area contributed by atoms with Crippen molar-refractivity contribution >= 4 is 5.90 Å². The van der Waals surface area contributed by atoms with Crippen molar-refractivity contribution in [2.24, 2.45) is 4.99 Å². The molecule has 1 atom stereocenters. The molecule has 0 spiro atoms. The van der Waals surface area contributed by atoms with E-state index in [4.69, 9.17) is 9.73 Å². The van der Waals surface area contributed by atoms with Crippen LogP contribution in [-0.2, 0) is 4.74 Å². The highest BCUT2D eigenvalue weighted by atomic mass is 16.5. The number of aliphatic imine (C=N–C) groups is 1. The van der Waals surface area contributed by atoms with Crippen LogP contribution in [0.3, 0.4) is 0 Å². The summed E-state index contributed by atoms with van der Waals surface area (Å²) in [5.41, 5.74) is 2.92. The number of hydrogen-bond acceptors (Lipinski definition) is 3. The summed E-state index contributed by atoms with van der Waals surface area (Å²) in [5, 5.41) is 0. The Labute approximate surface area is 174 Å². The lowest BCUT2D eigenvalue weighted by molar-refractivity contribution is 0.144. The van der Waals surface area contributed by atoms with Crippen LogP contribution in [0.5, 0.6) is 0 Å². The highest BCUT2D eigenvalue weighted by molar-refractivity contribution is 5.82. The van der Waals surface area contributed by atoms with Crippen LogP contribution in [0.4, 0.5) is 0 Å². The van der Waals surface area contributed by atoms with E-state index in [0.29, 0.717) is 0 Å². The minimum atomic E-state index is 0.866. The molecule has 1 unspecified atom stereocenters. The van der Waals surface area contributed by atoms with Crippen LogP contribution in [0.2, 0.25) is 0 Å². The van der Waals surface area contributed by atoms with Gasteiger partial charge in [-0.25, -0.2) is 4.99 Å². The van der Waals surface area contributed by atoms with Crippen molar-refractivity contribution in [3.8, 4) is 0 Å². The number of unbranched alkanes of at least 4 members (excludes halogenated alkanes) is 5. The Kier molecular flexibility index (Phi) is 9.90. The molecule has 0 aromatic carbocycles. The van der Waals surface area contributed by atoms with Gasteiger partial charge in [-0.3, -0.25) is 0 Å². The Morgan fingerprint density at radius 1 is 0.857 bits per heavy atom. The fourth-order valence-corrected chi connectivity index (χ4v) is 5.24. The summed E-state index contributed by atoms with van der Waals surface area (Å²) >= 11 is 0. The molecule has 160 valence electrons. The molecule has 0 aromatic rings. The van der Waals surface area contributed by atoms with Gasteiger partial charge in [0.1, 0.15) is 0 Å². The van der Waals surface area contributed by atoms with Gasteiger partial charge in [0, 0.05) is 18.2 Å². The molecule has 3 nitrogen and oxygen atoms in total. The van der Waals surface area contributed by atoms with E-state index < -0.39 is 0 Å². The molecule has 0 amide bonds. The maximum absolute atomic E-state index is 5.95. The van der Waals surface area contributed by atoms with E-state index >= 15 is 0 Å². The predicted octanol–water partition coefficient (Wildman–Crippen LogP) is 7.02. The standard InChI is InChI=1S/C25H44N2O/c1-2-14-23(27-18-11-7-12-19-27)16-8-5-3-4-6-13-20-28-25-21-22-15-9-10-17-24(22)26-25/h23H,2-21H2,1H3. The van der Waals surface area contributed by atoms with E-state index in [2.05, 4.69) is 11.8 Å². The molecular weight excluding hydrogens is 344 g/mol. The molecule has 0 bridgehead atoms. The SMILES string of the molecule is CCCC(CCCCCCCCOC1=NC2=C(CCCC2)C1)N1CCCCC1. The molecule has 3 heteroatoms. The minimum absolute atomic E-state index is 0.866. The number of rotatable bonds is 12. The van der Waals surface area contributed by atoms with Gasteiger partial charge >= 0.3 is 0 Å². The molecule has 0 aromatic heterocycles. The monoisotopic (exact) mass is 388 g/mol.